The van der Waals surface area contributed by atoms with Crippen LogP contribution in [0.3, 0.4) is 0 Å². The molecule has 2 aliphatic heterocycles. The zero-order chi connectivity index (χ0) is 22.1. The van der Waals surface area contributed by atoms with Crippen LogP contribution in [0.5, 0.6) is 0 Å². The monoisotopic (exact) mass is 438 g/mol. The van der Waals surface area contributed by atoms with Crippen molar-refractivity contribution in [2.24, 2.45) is 0 Å². The van der Waals surface area contributed by atoms with Gasteiger partial charge in [0.05, 0.1) is 17.0 Å². The average molecular weight is 439 g/mol. The quantitative estimate of drug-likeness (QED) is 0.593. The first kappa shape index (κ1) is 20.9. The fourth-order valence-electron chi connectivity index (χ4n) is 4.93. The predicted octanol–water partition coefficient (Wildman–Crippen LogP) is 3.74. The molecule has 3 aromatic rings. The Bertz CT molecular complexity index is 1140. The first-order chi connectivity index (χ1) is 15.6. The molecule has 1 fully saturated rings. The Kier molecular flexibility index (Phi) is 5.78. The zero-order valence-corrected chi connectivity index (χ0v) is 18.0. The highest BCUT2D eigenvalue weighted by atomic mass is 19.1. The van der Waals surface area contributed by atoms with Gasteiger partial charge in [0.25, 0.3) is 5.91 Å². The van der Waals surface area contributed by atoms with Crippen LogP contribution in [-0.2, 0) is 6.54 Å². The van der Waals surface area contributed by atoms with E-state index in [2.05, 4.69) is 15.4 Å². The van der Waals surface area contributed by atoms with Crippen LogP contribution in [0.2, 0.25) is 0 Å². The normalized spacial score (nSPS) is 18.0. The molecule has 0 atom stereocenters. The Morgan fingerprint density at radius 1 is 1.12 bits per heavy atom. The van der Waals surface area contributed by atoms with E-state index in [1.807, 2.05) is 10.8 Å². The number of Topliss-reactive ketones (excluding diaryl/α,β-unsaturated/α-hetero) is 1. The van der Waals surface area contributed by atoms with Gasteiger partial charge in [0.1, 0.15) is 5.82 Å². The second-order valence-electron chi connectivity index (χ2n) is 8.73. The molecule has 4 heterocycles. The summed E-state index contributed by atoms with van der Waals surface area (Å²) >= 11 is 0. The third-order valence-electron chi connectivity index (χ3n) is 6.67. The largest absolute Gasteiger partial charge is 0.356 e. The van der Waals surface area contributed by atoms with Crippen molar-refractivity contribution in [3.05, 3.63) is 53.2 Å². The predicted molar refractivity (Wildman–Crippen MR) is 117 cm³/mol. The van der Waals surface area contributed by atoms with Crippen molar-refractivity contribution in [3.8, 4) is 0 Å². The first-order valence-corrected chi connectivity index (χ1v) is 11.4. The summed E-state index contributed by atoms with van der Waals surface area (Å²) in [5.74, 6) is -0.0879. The lowest BCUT2D eigenvalue weighted by Crippen LogP contribution is -2.33. The number of benzene rings is 1. The van der Waals surface area contributed by atoms with E-state index in [0.717, 1.165) is 62.9 Å². The third-order valence-corrected chi connectivity index (χ3v) is 6.67. The number of fused-ring (bicyclic) bond motifs is 2. The van der Waals surface area contributed by atoms with E-state index >= 15 is 0 Å². The Morgan fingerprint density at radius 3 is 2.78 bits per heavy atom. The van der Waals surface area contributed by atoms with Crippen LogP contribution >= 0.6 is 0 Å². The van der Waals surface area contributed by atoms with Crippen molar-refractivity contribution in [1.82, 2.24) is 19.9 Å². The maximum absolute atomic E-state index is 13.4. The number of halogens is 1. The van der Waals surface area contributed by atoms with E-state index in [1.54, 1.807) is 12.1 Å². The van der Waals surface area contributed by atoms with Gasteiger partial charge in [-0.2, -0.15) is 0 Å². The van der Waals surface area contributed by atoms with Crippen LogP contribution in [-0.4, -0.2) is 52.5 Å². The Balaban J connectivity index is 1.11. The molecule has 0 bridgehead atoms. The number of carbonyl (C=O) groups is 2. The molecule has 0 aliphatic carbocycles. The molecule has 0 spiro atoms. The van der Waals surface area contributed by atoms with Gasteiger partial charge in [-0.15, -0.1) is 0 Å². The van der Waals surface area contributed by atoms with Crippen molar-refractivity contribution >= 4 is 22.7 Å². The smallest absolute Gasteiger partial charge is 0.253 e. The standard InChI is InChI=1S/C24H27FN4O3/c25-17-3-4-18-21(15-17)32-27-22(18)16-6-12-28(13-7-16)10-1-2-11-29-14-8-19-23(29)20(30)5-9-26-24(19)31/h3-4,8,14-16H,1-2,5-7,9-13H2,(H,26,31). The summed E-state index contributed by atoms with van der Waals surface area (Å²) in [6.45, 7) is 4.15. The minimum atomic E-state index is -0.307. The molecule has 0 radical (unpaired) electrons. The van der Waals surface area contributed by atoms with Gasteiger partial charge in [-0.05, 0) is 63.5 Å². The minimum Gasteiger partial charge on any atom is -0.356 e. The van der Waals surface area contributed by atoms with Crippen LogP contribution in [0.15, 0.2) is 35.0 Å². The van der Waals surface area contributed by atoms with E-state index in [9.17, 15) is 14.0 Å². The third kappa shape index (κ3) is 4.07. The van der Waals surface area contributed by atoms with Crippen LogP contribution in [0.4, 0.5) is 4.39 Å². The number of hydrogen-bond acceptors (Lipinski definition) is 5. The molecule has 2 aliphatic rings. The molecule has 0 unspecified atom stereocenters. The summed E-state index contributed by atoms with van der Waals surface area (Å²) in [4.78, 5) is 26.9. The molecule has 0 saturated carbocycles. The SMILES string of the molecule is O=C1NCCC(=O)c2c1ccn2CCCCN1CCC(c2noc3cc(F)ccc23)CC1. The molecule has 168 valence electrons. The van der Waals surface area contributed by atoms with Gasteiger partial charge < -0.3 is 19.3 Å². The lowest BCUT2D eigenvalue weighted by Gasteiger charge is -2.31. The lowest BCUT2D eigenvalue weighted by atomic mass is 9.91. The molecule has 32 heavy (non-hydrogen) atoms. The summed E-state index contributed by atoms with van der Waals surface area (Å²) < 4.78 is 20.7. The molecule has 8 heteroatoms. The Morgan fingerprint density at radius 2 is 1.94 bits per heavy atom. The van der Waals surface area contributed by atoms with Crippen molar-refractivity contribution in [2.45, 2.75) is 44.6 Å². The van der Waals surface area contributed by atoms with Gasteiger partial charge in [-0.3, -0.25) is 9.59 Å². The topological polar surface area (TPSA) is 80.4 Å². The van der Waals surface area contributed by atoms with Gasteiger partial charge in [-0.1, -0.05) is 5.16 Å². The number of ketones is 1. The van der Waals surface area contributed by atoms with Crippen molar-refractivity contribution in [3.63, 3.8) is 0 Å². The summed E-state index contributed by atoms with van der Waals surface area (Å²) in [6.07, 6.45) is 6.21. The number of piperidine rings is 1. The number of aromatic nitrogens is 2. The number of hydrogen-bond donors (Lipinski definition) is 1. The van der Waals surface area contributed by atoms with Gasteiger partial charge in [-0.25, -0.2) is 4.39 Å². The number of aryl methyl sites for hydroxylation is 1. The number of nitrogens with zero attached hydrogens (tertiary/aromatic N) is 3. The highest BCUT2D eigenvalue weighted by molar-refractivity contribution is 6.08. The second kappa shape index (κ2) is 8.86. The molecule has 1 aromatic carbocycles. The van der Waals surface area contributed by atoms with Crippen molar-refractivity contribution < 1.29 is 18.5 Å². The zero-order valence-electron chi connectivity index (χ0n) is 18.0. The Hall–Kier alpha value is -3.00. The summed E-state index contributed by atoms with van der Waals surface area (Å²) in [7, 11) is 0. The highest BCUT2D eigenvalue weighted by Crippen LogP contribution is 2.32. The summed E-state index contributed by atoms with van der Waals surface area (Å²) in [5, 5.41) is 7.91. The lowest BCUT2D eigenvalue weighted by molar-refractivity contribution is 0.0956. The van der Waals surface area contributed by atoms with Gasteiger partial charge in [0, 0.05) is 43.1 Å². The molecule has 2 aromatic heterocycles. The second-order valence-corrected chi connectivity index (χ2v) is 8.73. The number of carbonyl (C=O) groups excluding carboxylic acids is 2. The Labute approximate surface area is 185 Å². The van der Waals surface area contributed by atoms with Crippen LogP contribution in [0.25, 0.3) is 11.0 Å². The first-order valence-electron chi connectivity index (χ1n) is 11.4. The number of likely N-dealkylation sites (tertiary alicyclic amines) is 1. The van der Waals surface area contributed by atoms with Gasteiger partial charge >= 0.3 is 0 Å². The minimum absolute atomic E-state index is 0.0357. The summed E-state index contributed by atoms with van der Waals surface area (Å²) in [6, 6.07) is 6.37. The van der Waals surface area contributed by atoms with Crippen LogP contribution in [0, 0.1) is 5.82 Å². The average Bonchev–Trinajstić information content (AvgIpc) is 3.37. The molecular formula is C24H27FN4O3. The fraction of sp³-hybridized carbons (Fsp3) is 0.458. The molecule has 5 rings (SSSR count). The van der Waals surface area contributed by atoms with E-state index in [4.69, 9.17) is 4.52 Å². The molecule has 1 amide bonds. The molecule has 1 saturated heterocycles. The van der Waals surface area contributed by atoms with Crippen molar-refractivity contribution in [1.29, 1.82) is 0 Å². The van der Waals surface area contributed by atoms with Gasteiger partial charge in [0.2, 0.25) is 0 Å². The van der Waals surface area contributed by atoms with Crippen LogP contribution < -0.4 is 5.32 Å². The van der Waals surface area contributed by atoms with Gasteiger partial charge in [0.15, 0.2) is 11.4 Å². The molecular weight excluding hydrogens is 411 g/mol. The van der Waals surface area contributed by atoms with E-state index in [1.165, 1.54) is 12.1 Å². The number of amides is 1. The maximum Gasteiger partial charge on any atom is 0.253 e. The highest BCUT2D eigenvalue weighted by Gasteiger charge is 2.26. The number of rotatable bonds is 6. The fourth-order valence-corrected chi connectivity index (χ4v) is 4.93. The molecule has 1 N–H and O–H groups in total. The van der Waals surface area contributed by atoms with E-state index in [-0.39, 0.29) is 17.5 Å². The van der Waals surface area contributed by atoms with E-state index < -0.39 is 0 Å². The van der Waals surface area contributed by atoms with E-state index in [0.29, 0.717) is 35.7 Å². The number of nitrogens with one attached hydrogen (secondary N) is 1. The maximum atomic E-state index is 13.4. The molecule has 7 nitrogen and oxygen atoms in total. The summed E-state index contributed by atoms with van der Waals surface area (Å²) in [5.41, 5.74) is 2.51. The van der Waals surface area contributed by atoms with Crippen molar-refractivity contribution in [2.75, 3.05) is 26.2 Å². The number of unbranched alkanes of at least 4 members (excludes halogenated alkanes) is 1. The van der Waals surface area contributed by atoms with Crippen LogP contribution in [0.1, 0.15) is 64.6 Å².